The number of carbonyl (C=O) groups is 1. The van der Waals surface area contributed by atoms with Crippen molar-refractivity contribution < 1.29 is 9.90 Å². The number of carboxylic acids is 1. The van der Waals surface area contributed by atoms with Crippen LogP contribution in [0.1, 0.15) is 52.4 Å². The maximum atomic E-state index is 11.4. The van der Waals surface area contributed by atoms with Crippen molar-refractivity contribution in [2.75, 3.05) is 6.54 Å². The topological polar surface area (TPSA) is 40.5 Å². The maximum absolute atomic E-state index is 11.4. The first-order chi connectivity index (χ1) is 8.08. The quantitative estimate of drug-likeness (QED) is 0.805. The first kappa shape index (κ1) is 12.9. The van der Waals surface area contributed by atoms with Crippen molar-refractivity contribution in [3.63, 3.8) is 0 Å². The molecule has 0 aromatic carbocycles. The summed E-state index contributed by atoms with van der Waals surface area (Å²) in [6, 6.07) is 0.303. The van der Waals surface area contributed by atoms with Gasteiger partial charge < -0.3 is 5.11 Å². The summed E-state index contributed by atoms with van der Waals surface area (Å²) in [5.74, 6) is 0.781. The lowest BCUT2D eigenvalue weighted by molar-refractivity contribution is -0.147. The van der Waals surface area contributed by atoms with Crippen LogP contribution in [-0.2, 0) is 4.79 Å². The lowest BCUT2D eigenvalue weighted by Crippen LogP contribution is -2.52. The van der Waals surface area contributed by atoms with Crippen LogP contribution in [0.3, 0.4) is 0 Å². The molecule has 3 nitrogen and oxygen atoms in total. The molecule has 0 bridgehead atoms. The minimum Gasteiger partial charge on any atom is -0.480 e. The van der Waals surface area contributed by atoms with E-state index in [1.165, 1.54) is 25.7 Å². The molecule has 3 heteroatoms. The van der Waals surface area contributed by atoms with Crippen LogP contribution in [0.4, 0.5) is 0 Å². The van der Waals surface area contributed by atoms with E-state index in [1.54, 1.807) is 0 Å². The molecule has 0 radical (unpaired) electrons. The van der Waals surface area contributed by atoms with Crippen LogP contribution in [-0.4, -0.2) is 34.6 Å². The highest BCUT2D eigenvalue weighted by atomic mass is 16.4. The summed E-state index contributed by atoms with van der Waals surface area (Å²) < 4.78 is 0. The second-order valence-electron chi connectivity index (χ2n) is 6.14. The second kappa shape index (κ2) is 5.38. The molecule has 0 aromatic rings. The van der Waals surface area contributed by atoms with Gasteiger partial charge in [-0.15, -0.1) is 0 Å². The molecule has 1 N–H and O–H groups in total. The van der Waals surface area contributed by atoms with Gasteiger partial charge in [0.05, 0.1) is 0 Å². The van der Waals surface area contributed by atoms with Crippen LogP contribution < -0.4 is 0 Å². The van der Waals surface area contributed by atoms with Crippen molar-refractivity contribution >= 4 is 5.97 Å². The summed E-state index contributed by atoms with van der Waals surface area (Å²) >= 11 is 0. The fourth-order valence-electron chi connectivity index (χ4n) is 3.41. The Kier molecular flexibility index (Phi) is 4.08. The maximum Gasteiger partial charge on any atom is 0.320 e. The summed E-state index contributed by atoms with van der Waals surface area (Å²) in [5.41, 5.74) is 0. The lowest BCUT2D eigenvalue weighted by atomic mass is 9.83. The standard InChI is InChI=1S/C14H25NO2/c1-10-3-5-12(6-4-10)15-8-7-11(2)9-13(15)14(16)17/h10-13H,3-9H2,1-2H3,(H,16,17). The second-order valence-corrected chi connectivity index (χ2v) is 6.14. The van der Waals surface area contributed by atoms with Crippen LogP contribution in [0.5, 0.6) is 0 Å². The molecular weight excluding hydrogens is 214 g/mol. The number of hydrogen-bond donors (Lipinski definition) is 1. The van der Waals surface area contributed by atoms with Gasteiger partial charge in [0, 0.05) is 6.04 Å². The van der Waals surface area contributed by atoms with E-state index in [4.69, 9.17) is 0 Å². The Hall–Kier alpha value is -0.570. The minimum absolute atomic E-state index is 0.225. The smallest absolute Gasteiger partial charge is 0.320 e. The molecule has 1 saturated heterocycles. The van der Waals surface area contributed by atoms with Crippen molar-refractivity contribution in [3.8, 4) is 0 Å². The first-order valence-corrected chi connectivity index (χ1v) is 7.06. The molecule has 2 rings (SSSR count). The Morgan fingerprint density at radius 1 is 1.06 bits per heavy atom. The van der Waals surface area contributed by atoms with E-state index in [0.717, 1.165) is 25.3 Å². The summed E-state index contributed by atoms with van der Waals surface area (Å²) in [5, 5.41) is 9.37. The molecule has 17 heavy (non-hydrogen) atoms. The van der Waals surface area contributed by atoms with Gasteiger partial charge in [0.1, 0.15) is 6.04 Å². The zero-order chi connectivity index (χ0) is 12.4. The zero-order valence-corrected chi connectivity index (χ0v) is 11.1. The lowest BCUT2D eigenvalue weighted by Gasteiger charge is -2.43. The highest BCUT2D eigenvalue weighted by Crippen LogP contribution is 2.32. The highest BCUT2D eigenvalue weighted by molar-refractivity contribution is 5.73. The molecule has 2 aliphatic rings. The molecule has 1 heterocycles. The van der Waals surface area contributed by atoms with Crippen molar-refractivity contribution in [1.82, 2.24) is 4.90 Å². The van der Waals surface area contributed by atoms with Crippen LogP contribution in [0.2, 0.25) is 0 Å². The number of hydrogen-bond acceptors (Lipinski definition) is 2. The third kappa shape index (κ3) is 3.01. The molecule has 1 aliphatic carbocycles. The summed E-state index contributed by atoms with van der Waals surface area (Å²) in [4.78, 5) is 13.7. The molecule has 98 valence electrons. The number of carboxylic acid groups (broad SMARTS) is 1. The Balaban J connectivity index is 2.00. The van der Waals surface area contributed by atoms with E-state index < -0.39 is 5.97 Å². The van der Waals surface area contributed by atoms with E-state index in [9.17, 15) is 9.90 Å². The van der Waals surface area contributed by atoms with Crippen LogP contribution in [0.25, 0.3) is 0 Å². The van der Waals surface area contributed by atoms with E-state index in [2.05, 4.69) is 18.7 Å². The minimum atomic E-state index is -0.616. The molecule has 0 amide bonds. The Morgan fingerprint density at radius 3 is 2.29 bits per heavy atom. The normalized spacial score (nSPS) is 40.1. The third-order valence-corrected chi connectivity index (χ3v) is 4.65. The summed E-state index contributed by atoms with van der Waals surface area (Å²) in [7, 11) is 0. The number of likely N-dealkylation sites (tertiary alicyclic amines) is 1. The number of nitrogens with zero attached hydrogens (tertiary/aromatic N) is 1. The predicted octanol–water partition coefficient (Wildman–Crippen LogP) is 2.75. The van der Waals surface area contributed by atoms with E-state index >= 15 is 0 Å². The molecule has 2 fully saturated rings. The van der Waals surface area contributed by atoms with Gasteiger partial charge in [-0.25, -0.2) is 0 Å². The van der Waals surface area contributed by atoms with Gasteiger partial charge in [-0.3, -0.25) is 9.69 Å². The van der Waals surface area contributed by atoms with Gasteiger partial charge in [-0.05, 0) is 56.9 Å². The van der Waals surface area contributed by atoms with Crippen molar-refractivity contribution in [1.29, 1.82) is 0 Å². The first-order valence-electron chi connectivity index (χ1n) is 7.06. The molecule has 1 saturated carbocycles. The van der Waals surface area contributed by atoms with Crippen molar-refractivity contribution in [3.05, 3.63) is 0 Å². The molecule has 2 atom stereocenters. The van der Waals surface area contributed by atoms with Gasteiger partial charge in [-0.2, -0.15) is 0 Å². The Morgan fingerprint density at radius 2 is 1.71 bits per heavy atom. The Labute approximate surface area is 104 Å². The predicted molar refractivity (Wildman–Crippen MR) is 67.9 cm³/mol. The number of piperidine rings is 1. The number of aliphatic carboxylic acids is 1. The van der Waals surface area contributed by atoms with Crippen LogP contribution >= 0.6 is 0 Å². The fourth-order valence-corrected chi connectivity index (χ4v) is 3.41. The fraction of sp³-hybridized carbons (Fsp3) is 0.929. The highest BCUT2D eigenvalue weighted by Gasteiger charge is 2.36. The van der Waals surface area contributed by atoms with Gasteiger partial charge in [0.2, 0.25) is 0 Å². The van der Waals surface area contributed by atoms with Crippen molar-refractivity contribution in [2.45, 2.75) is 64.5 Å². The van der Waals surface area contributed by atoms with E-state index in [-0.39, 0.29) is 6.04 Å². The van der Waals surface area contributed by atoms with Crippen LogP contribution in [0.15, 0.2) is 0 Å². The Bertz CT molecular complexity index is 271. The van der Waals surface area contributed by atoms with E-state index in [1.807, 2.05) is 0 Å². The summed E-state index contributed by atoms with van der Waals surface area (Å²) in [6.45, 7) is 5.47. The third-order valence-electron chi connectivity index (χ3n) is 4.65. The number of rotatable bonds is 2. The van der Waals surface area contributed by atoms with Gasteiger partial charge >= 0.3 is 5.97 Å². The van der Waals surface area contributed by atoms with Gasteiger partial charge in [-0.1, -0.05) is 13.8 Å². The van der Waals surface area contributed by atoms with Gasteiger partial charge in [0.15, 0.2) is 0 Å². The summed E-state index contributed by atoms with van der Waals surface area (Å²) in [6.07, 6.45) is 6.92. The molecule has 0 aromatic heterocycles. The molecule has 0 spiro atoms. The SMILES string of the molecule is CC1CCC(N2CCC(C)CC2C(=O)O)CC1. The average molecular weight is 239 g/mol. The largest absolute Gasteiger partial charge is 0.480 e. The van der Waals surface area contributed by atoms with E-state index in [0.29, 0.717) is 12.0 Å². The molecular formula is C14H25NO2. The zero-order valence-electron chi connectivity index (χ0n) is 11.1. The molecule has 2 unspecified atom stereocenters. The van der Waals surface area contributed by atoms with Crippen molar-refractivity contribution in [2.24, 2.45) is 11.8 Å². The average Bonchev–Trinajstić information content (AvgIpc) is 2.30. The van der Waals surface area contributed by atoms with Gasteiger partial charge in [0.25, 0.3) is 0 Å². The van der Waals surface area contributed by atoms with Crippen LogP contribution in [0, 0.1) is 11.8 Å². The monoisotopic (exact) mass is 239 g/mol. The molecule has 1 aliphatic heterocycles.